The fraction of sp³-hybridized carbons (Fsp3) is 0.400. The van der Waals surface area contributed by atoms with Crippen LogP contribution in [0.25, 0.3) is 0 Å². The molecule has 0 aromatic heterocycles. The number of carbonyl (C=O) groups excluding carboxylic acids is 3. The Morgan fingerprint density at radius 2 is 1.72 bits per heavy atom. The van der Waals surface area contributed by atoms with Gasteiger partial charge in [-0.3, -0.25) is 9.59 Å². The maximum absolute atomic E-state index is 12.5. The van der Waals surface area contributed by atoms with E-state index in [1.165, 1.54) is 12.8 Å². The number of aryl methyl sites for hydroxylation is 1. The van der Waals surface area contributed by atoms with Crippen LogP contribution in [0.2, 0.25) is 0 Å². The van der Waals surface area contributed by atoms with Crippen LogP contribution in [0.3, 0.4) is 0 Å². The first-order valence-electron chi connectivity index (χ1n) is 11.0. The van der Waals surface area contributed by atoms with E-state index in [1.54, 1.807) is 24.3 Å². The summed E-state index contributed by atoms with van der Waals surface area (Å²) in [6, 6.07) is 13.7. The molecule has 1 aliphatic heterocycles. The molecule has 1 unspecified atom stereocenters. The van der Waals surface area contributed by atoms with E-state index in [9.17, 15) is 14.4 Å². The molecule has 170 valence electrons. The Labute approximate surface area is 189 Å². The highest BCUT2D eigenvalue weighted by Crippen LogP contribution is 2.25. The van der Waals surface area contributed by atoms with E-state index >= 15 is 0 Å². The van der Waals surface area contributed by atoms with Crippen molar-refractivity contribution in [3.63, 3.8) is 0 Å². The van der Waals surface area contributed by atoms with E-state index in [0.29, 0.717) is 11.3 Å². The number of ether oxygens (including phenoxy) is 1. The van der Waals surface area contributed by atoms with Crippen LogP contribution < -0.4 is 15.5 Å². The zero-order valence-electron chi connectivity index (χ0n) is 18.9. The molecule has 1 fully saturated rings. The van der Waals surface area contributed by atoms with Crippen molar-refractivity contribution in [2.75, 3.05) is 29.9 Å². The third-order valence-corrected chi connectivity index (χ3v) is 5.54. The van der Waals surface area contributed by atoms with Gasteiger partial charge in [0, 0.05) is 30.0 Å². The molecule has 0 aliphatic carbocycles. The summed E-state index contributed by atoms with van der Waals surface area (Å²) >= 11 is 0. The molecular weight excluding hydrogens is 406 g/mol. The van der Waals surface area contributed by atoms with Crippen LogP contribution in [-0.2, 0) is 14.3 Å². The van der Waals surface area contributed by atoms with Gasteiger partial charge in [0.05, 0.1) is 0 Å². The Morgan fingerprint density at radius 1 is 1.03 bits per heavy atom. The SMILES string of the molecule is Cc1cc(N2CCCC2)ccc1NC(=O)COC(=O)C(NC(=O)c1ccccc1)C(C)C. The van der Waals surface area contributed by atoms with Gasteiger partial charge in [-0.25, -0.2) is 4.79 Å². The maximum Gasteiger partial charge on any atom is 0.329 e. The zero-order chi connectivity index (χ0) is 23.1. The summed E-state index contributed by atoms with van der Waals surface area (Å²) in [5.74, 6) is -1.62. The summed E-state index contributed by atoms with van der Waals surface area (Å²) in [6.07, 6.45) is 2.40. The van der Waals surface area contributed by atoms with Crippen LogP contribution in [0, 0.1) is 12.8 Å². The van der Waals surface area contributed by atoms with Crippen molar-refractivity contribution in [2.24, 2.45) is 5.92 Å². The Kier molecular flexibility index (Phi) is 7.87. The summed E-state index contributed by atoms with van der Waals surface area (Å²) < 4.78 is 5.21. The largest absolute Gasteiger partial charge is 0.454 e. The van der Waals surface area contributed by atoms with Gasteiger partial charge in [-0.2, -0.15) is 0 Å². The highest BCUT2D eigenvalue weighted by atomic mass is 16.5. The number of benzene rings is 2. The lowest BCUT2D eigenvalue weighted by Crippen LogP contribution is -2.45. The zero-order valence-corrected chi connectivity index (χ0v) is 18.9. The van der Waals surface area contributed by atoms with Crippen LogP contribution >= 0.6 is 0 Å². The number of nitrogens with one attached hydrogen (secondary N) is 2. The van der Waals surface area contributed by atoms with Crippen LogP contribution in [0.1, 0.15) is 42.6 Å². The van der Waals surface area contributed by atoms with Crippen molar-refractivity contribution in [1.82, 2.24) is 5.32 Å². The number of carbonyl (C=O) groups is 3. The minimum Gasteiger partial charge on any atom is -0.454 e. The molecule has 2 aromatic carbocycles. The molecule has 0 radical (unpaired) electrons. The van der Waals surface area contributed by atoms with Crippen molar-refractivity contribution in [3.8, 4) is 0 Å². The molecular formula is C25H31N3O4. The Hall–Kier alpha value is -3.35. The normalized spacial score (nSPS) is 14.2. The molecule has 32 heavy (non-hydrogen) atoms. The van der Waals surface area contributed by atoms with Crippen LogP contribution in [0.4, 0.5) is 11.4 Å². The Morgan fingerprint density at radius 3 is 2.34 bits per heavy atom. The molecule has 2 N–H and O–H groups in total. The predicted molar refractivity (Wildman–Crippen MR) is 125 cm³/mol. The van der Waals surface area contributed by atoms with Gasteiger partial charge >= 0.3 is 5.97 Å². The molecule has 1 saturated heterocycles. The first-order chi connectivity index (χ1) is 15.3. The molecule has 7 heteroatoms. The first kappa shape index (κ1) is 23.3. The molecule has 0 saturated carbocycles. The topological polar surface area (TPSA) is 87.7 Å². The summed E-state index contributed by atoms with van der Waals surface area (Å²) in [5, 5.41) is 5.49. The molecule has 0 bridgehead atoms. The second-order valence-electron chi connectivity index (χ2n) is 8.41. The minimum atomic E-state index is -0.850. The predicted octanol–water partition coefficient (Wildman–Crippen LogP) is 3.53. The summed E-state index contributed by atoms with van der Waals surface area (Å²) in [7, 11) is 0. The third kappa shape index (κ3) is 6.09. The van der Waals surface area contributed by atoms with E-state index in [2.05, 4.69) is 21.6 Å². The summed E-state index contributed by atoms with van der Waals surface area (Å²) in [5.41, 5.74) is 3.24. The van der Waals surface area contributed by atoms with Gasteiger partial charge in [0.25, 0.3) is 11.8 Å². The van der Waals surface area contributed by atoms with Gasteiger partial charge in [0.1, 0.15) is 6.04 Å². The average molecular weight is 438 g/mol. The third-order valence-electron chi connectivity index (χ3n) is 5.54. The van der Waals surface area contributed by atoms with Gasteiger partial charge in [0.2, 0.25) is 0 Å². The number of hydrogen-bond acceptors (Lipinski definition) is 5. The fourth-order valence-corrected chi connectivity index (χ4v) is 3.68. The van der Waals surface area contributed by atoms with Crippen molar-refractivity contribution in [2.45, 2.75) is 39.7 Å². The molecule has 2 amide bonds. The Bertz CT molecular complexity index is 953. The number of hydrogen-bond donors (Lipinski definition) is 2. The molecule has 1 aliphatic rings. The number of rotatable bonds is 8. The van der Waals surface area contributed by atoms with Gasteiger partial charge in [-0.15, -0.1) is 0 Å². The standard InChI is InChI=1S/C25H31N3O4/c1-17(2)23(27-24(30)19-9-5-4-6-10-19)25(31)32-16-22(29)26-21-12-11-20(15-18(21)3)28-13-7-8-14-28/h4-6,9-12,15,17,23H,7-8,13-14,16H2,1-3H3,(H,26,29)(H,27,30). The van der Waals surface area contributed by atoms with Crippen LogP contribution in [-0.4, -0.2) is 43.5 Å². The molecule has 0 spiro atoms. The van der Waals surface area contributed by atoms with Gasteiger partial charge in [-0.05, 0) is 61.6 Å². The van der Waals surface area contributed by atoms with E-state index in [-0.39, 0.29) is 11.8 Å². The second kappa shape index (κ2) is 10.8. The number of esters is 1. The lowest BCUT2D eigenvalue weighted by atomic mass is 10.0. The van der Waals surface area contributed by atoms with E-state index < -0.39 is 24.5 Å². The Balaban J connectivity index is 1.53. The molecule has 7 nitrogen and oxygen atoms in total. The average Bonchev–Trinajstić information content (AvgIpc) is 3.32. The van der Waals surface area contributed by atoms with E-state index in [0.717, 1.165) is 24.3 Å². The molecule has 2 aromatic rings. The molecule has 1 heterocycles. The van der Waals surface area contributed by atoms with Crippen LogP contribution in [0.5, 0.6) is 0 Å². The van der Waals surface area contributed by atoms with E-state index in [4.69, 9.17) is 4.74 Å². The first-order valence-corrected chi connectivity index (χ1v) is 11.0. The molecule has 1 atom stereocenters. The summed E-state index contributed by atoms with van der Waals surface area (Å²) in [4.78, 5) is 39.6. The lowest BCUT2D eigenvalue weighted by molar-refractivity contribution is -0.150. The second-order valence-corrected chi connectivity index (χ2v) is 8.41. The maximum atomic E-state index is 12.5. The van der Waals surface area contributed by atoms with Crippen molar-refractivity contribution in [3.05, 3.63) is 59.7 Å². The van der Waals surface area contributed by atoms with Crippen molar-refractivity contribution in [1.29, 1.82) is 0 Å². The number of amides is 2. The quantitative estimate of drug-likeness (QED) is 0.617. The van der Waals surface area contributed by atoms with E-state index in [1.807, 2.05) is 39.0 Å². The van der Waals surface area contributed by atoms with Crippen molar-refractivity contribution < 1.29 is 19.1 Å². The summed E-state index contributed by atoms with van der Waals surface area (Å²) in [6.45, 7) is 7.24. The lowest BCUT2D eigenvalue weighted by Gasteiger charge is -2.21. The number of anilines is 2. The minimum absolute atomic E-state index is 0.196. The smallest absolute Gasteiger partial charge is 0.329 e. The van der Waals surface area contributed by atoms with Crippen LogP contribution in [0.15, 0.2) is 48.5 Å². The fourth-order valence-electron chi connectivity index (χ4n) is 3.68. The monoisotopic (exact) mass is 437 g/mol. The van der Waals surface area contributed by atoms with Gasteiger partial charge < -0.3 is 20.3 Å². The van der Waals surface area contributed by atoms with Gasteiger partial charge in [-0.1, -0.05) is 32.0 Å². The highest BCUT2D eigenvalue weighted by molar-refractivity contribution is 5.97. The molecule has 3 rings (SSSR count). The highest BCUT2D eigenvalue weighted by Gasteiger charge is 2.27. The number of nitrogens with zero attached hydrogens (tertiary/aromatic N) is 1. The van der Waals surface area contributed by atoms with Gasteiger partial charge in [0.15, 0.2) is 6.61 Å². The van der Waals surface area contributed by atoms with Crippen molar-refractivity contribution >= 4 is 29.2 Å².